The molecule has 1 nitrogen and oxygen atoms in total. The van der Waals surface area contributed by atoms with Crippen molar-refractivity contribution >= 4 is 0 Å². The molecule has 0 radical (unpaired) electrons. The molecule has 0 aliphatic rings. The zero-order valence-electron chi connectivity index (χ0n) is 10.7. The van der Waals surface area contributed by atoms with Gasteiger partial charge in [0.15, 0.2) is 0 Å². The molecule has 0 heterocycles. The van der Waals surface area contributed by atoms with E-state index in [1.165, 1.54) is 5.57 Å². The summed E-state index contributed by atoms with van der Waals surface area (Å²) in [5.41, 5.74) is 2.38. The molecule has 0 aliphatic carbocycles. The average molecular weight is 205 g/mol. The second kappa shape index (κ2) is 5.59. The third-order valence-corrected chi connectivity index (χ3v) is 2.17. The van der Waals surface area contributed by atoms with Gasteiger partial charge in [0.1, 0.15) is 0 Å². The monoisotopic (exact) mass is 205 g/mol. The average Bonchev–Trinajstić information content (AvgIpc) is 2.09. The van der Waals surface area contributed by atoms with Gasteiger partial charge in [0.25, 0.3) is 0 Å². The predicted octanol–water partition coefficient (Wildman–Crippen LogP) is 3.78. The Morgan fingerprint density at radius 2 is 1.73 bits per heavy atom. The Bertz CT molecular complexity index is 285. The molecule has 0 aliphatic heterocycles. The van der Waals surface area contributed by atoms with Crippen LogP contribution in [0.2, 0.25) is 0 Å². The molecule has 0 atom stereocenters. The van der Waals surface area contributed by atoms with Crippen molar-refractivity contribution in [1.29, 1.82) is 0 Å². The molecule has 15 heavy (non-hydrogen) atoms. The number of hydrogen-bond donors (Lipinski definition) is 0. The molecule has 0 aromatic heterocycles. The van der Waals surface area contributed by atoms with Gasteiger partial charge in [-0.2, -0.15) is 0 Å². The molecule has 0 amide bonds. The highest BCUT2D eigenvalue weighted by Crippen LogP contribution is 2.27. The summed E-state index contributed by atoms with van der Waals surface area (Å²) in [5, 5.41) is 0. The van der Waals surface area contributed by atoms with E-state index >= 15 is 0 Å². The smallest absolute Gasteiger partial charge is 0.0290 e. The lowest BCUT2D eigenvalue weighted by Gasteiger charge is -2.22. The molecule has 0 fully saturated rings. The molecule has 0 rings (SSSR count). The van der Waals surface area contributed by atoms with Gasteiger partial charge in [-0.15, -0.1) is 0 Å². The molecule has 0 spiro atoms. The second-order valence-electron chi connectivity index (χ2n) is 4.83. The van der Waals surface area contributed by atoms with E-state index in [4.69, 9.17) is 0 Å². The van der Waals surface area contributed by atoms with Crippen LogP contribution in [0.3, 0.4) is 0 Å². The first-order chi connectivity index (χ1) is 6.79. The minimum absolute atomic E-state index is 0.123. The third-order valence-electron chi connectivity index (χ3n) is 2.17. The Morgan fingerprint density at radius 3 is 2.07 bits per heavy atom. The van der Waals surface area contributed by atoms with Crippen molar-refractivity contribution in [2.24, 2.45) is 5.41 Å². The Kier molecular flexibility index (Phi) is 5.13. The van der Waals surface area contributed by atoms with Crippen LogP contribution in [0.5, 0.6) is 0 Å². The molecular formula is C14H23N. The van der Waals surface area contributed by atoms with Crippen LogP contribution in [0.25, 0.3) is 0 Å². The minimum atomic E-state index is 0.123. The van der Waals surface area contributed by atoms with E-state index in [1.807, 2.05) is 25.1 Å². The van der Waals surface area contributed by atoms with E-state index in [2.05, 4.69) is 46.1 Å². The molecule has 0 N–H and O–H groups in total. The molecule has 0 bridgehead atoms. The topological polar surface area (TPSA) is 3.24 Å². The summed E-state index contributed by atoms with van der Waals surface area (Å²) < 4.78 is 0. The molecule has 0 saturated carbocycles. The highest BCUT2D eigenvalue weighted by molar-refractivity contribution is 5.33. The van der Waals surface area contributed by atoms with E-state index < -0.39 is 0 Å². The van der Waals surface area contributed by atoms with Crippen LogP contribution in [0.15, 0.2) is 48.7 Å². The van der Waals surface area contributed by atoms with Gasteiger partial charge < -0.3 is 4.90 Å². The van der Waals surface area contributed by atoms with E-state index in [0.717, 1.165) is 5.70 Å². The summed E-state index contributed by atoms with van der Waals surface area (Å²) in [6, 6.07) is 0. The first-order valence-electron chi connectivity index (χ1n) is 5.16. The van der Waals surface area contributed by atoms with Crippen molar-refractivity contribution in [2.75, 3.05) is 14.1 Å². The fraction of sp³-hybridized carbons (Fsp3) is 0.429. The van der Waals surface area contributed by atoms with Crippen molar-refractivity contribution in [3.8, 4) is 0 Å². The van der Waals surface area contributed by atoms with Gasteiger partial charge in [0.2, 0.25) is 0 Å². The van der Waals surface area contributed by atoms with Gasteiger partial charge in [0.05, 0.1) is 0 Å². The Labute approximate surface area is 94.5 Å². The van der Waals surface area contributed by atoms with Crippen molar-refractivity contribution in [3.63, 3.8) is 0 Å². The number of rotatable bonds is 4. The maximum atomic E-state index is 4.01. The van der Waals surface area contributed by atoms with Crippen LogP contribution in [-0.2, 0) is 0 Å². The normalized spacial score (nSPS) is 13.0. The van der Waals surface area contributed by atoms with Crippen LogP contribution >= 0.6 is 0 Å². The van der Waals surface area contributed by atoms with Crippen LogP contribution in [0.4, 0.5) is 0 Å². The summed E-state index contributed by atoms with van der Waals surface area (Å²) in [6.07, 6.45) is 7.94. The SMILES string of the molecule is C=C/C=C\C(=C/C(=C)N(C)C)C(C)(C)C. The van der Waals surface area contributed by atoms with Crippen LogP contribution in [-0.4, -0.2) is 19.0 Å². The fourth-order valence-electron chi connectivity index (χ4n) is 0.995. The molecule has 0 saturated heterocycles. The number of allylic oxidation sites excluding steroid dienone is 5. The summed E-state index contributed by atoms with van der Waals surface area (Å²) >= 11 is 0. The zero-order chi connectivity index (χ0) is 12.1. The van der Waals surface area contributed by atoms with E-state index in [9.17, 15) is 0 Å². The summed E-state index contributed by atoms with van der Waals surface area (Å²) in [5.74, 6) is 0. The number of hydrogen-bond acceptors (Lipinski definition) is 1. The van der Waals surface area contributed by atoms with Crippen LogP contribution < -0.4 is 0 Å². The van der Waals surface area contributed by atoms with E-state index in [-0.39, 0.29) is 5.41 Å². The summed E-state index contributed by atoms with van der Waals surface area (Å²) in [4.78, 5) is 2.01. The fourth-order valence-corrected chi connectivity index (χ4v) is 0.995. The largest absolute Gasteiger partial charge is 0.378 e. The first-order valence-corrected chi connectivity index (χ1v) is 5.16. The highest BCUT2D eigenvalue weighted by atomic mass is 15.1. The Morgan fingerprint density at radius 1 is 1.20 bits per heavy atom. The van der Waals surface area contributed by atoms with Crippen LogP contribution in [0.1, 0.15) is 20.8 Å². The standard InChI is InChI=1S/C14H23N/c1-8-9-10-13(14(3,4)5)11-12(2)15(6)7/h8-11H,1-2H2,3-7H3/b10-9-,13-11+. The number of likely N-dealkylation sites (N-methyl/N-ethyl adjacent to an activating group) is 1. The lowest BCUT2D eigenvalue weighted by Crippen LogP contribution is -2.12. The predicted molar refractivity (Wildman–Crippen MR) is 69.7 cm³/mol. The Balaban J connectivity index is 5.03. The van der Waals surface area contributed by atoms with Crippen molar-refractivity contribution < 1.29 is 0 Å². The maximum Gasteiger partial charge on any atom is 0.0290 e. The molecule has 1 heteroatoms. The van der Waals surface area contributed by atoms with Gasteiger partial charge in [-0.1, -0.05) is 52.2 Å². The lowest BCUT2D eigenvalue weighted by molar-refractivity contribution is 0.502. The molecule has 0 aromatic carbocycles. The highest BCUT2D eigenvalue weighted by Gasteiger charge is 2.14. The zero-order valence-corrected chi connectivity index (χ0v) is 10.7. The van der Waals surface area contributed by atoms with Crippen molar-refractivity contribution in [3.05, 3.63) is 48.7 Å². The third kappa shape index (κ3) is 5.26. The van der Waals surface area contributed by atoms with E-state index in [0.29, 0.717) is 0 Å². The number of nitrogens with zero attached hydrogens (tertiary/aromatic N) is 1. The van der Waals surface area contributed by atoms with Gasteiger partial charge in [-0.25, -0.2) is 0 Å². The molecule has 84 valence electrons. The van der Waals surface area contributed by atoms with Crippen molar-refractivity contribution in [2.45, 2.75) is 20.8 Å². The van der Waals surface area contributed by atoms with Crippen LogP contribution in [0, 0.1) is 5.41 Å². The Hall–Kier alpha value is -1.24. The minimum Gasteiger partial charge on any atom is -0.378 e. The summed E-state index contributed by atoms with van der Waals surface area (Å²) in [7, 11) is 3.99. The maximum absolute atomic E-state index is 4.01. The van der Waals surface area contributed by atoms with Crippen molar-refractivity contribution in [1.82, 2.24) is 4.90 Å². The summed E-state index contributed by atoms with van der Waals surface area (Å²) in [6.45, 7) is 14.3. The van der Waals surface area contributed by atoms with Gasteiger partial charge in [-0.05, 0) is 17.1 Å². The molecule has 0 unspecified atom stereocenters. The first kappa shape index (κ1) is 13.8. The quantitative estimate of drug-likeness (QED) is 0.631. The lowest BCUT2D eigenvalue weighted by atomic mass is 9.85. The second-order valence-corrected chi connectivity index (χ2v) is 4.83. The van der Waals surface area contributed by atoms with Gasteiger partial charge >= 0.3 is 0 Å². The van der Waals surface area contributed by atoms with E-state index in [1.54, 1.807) is 6.08 Å². The molecule has 0 aromatic rings. The molecular weight excluding hydrogens is 182 g/mol. The van der Waals surface area contributed by atoms with Gasteiger partial charge in [0, 0.05) is 19.8 Å². The van der Waals surface area contributed by atoms with Gasteiger partial charge in [-0.3, -0.25) is 0 Å².